The van der Waals surface area contributed by atoms with E-state index < -0.39 is 47.3 Å². The van der Waals surface area contributed by atoms with Gasteiger partial charge in [-0.2, -0.15) is 0 Å². The number of esters is 1. The summed E-state index contributed by atoms with van der Waals surface area (Å²) in [5.74, 6) is -1.68. The maximum atomic E-state index is 14.8. The van der Waals surface area contributed by atoms with E-state index in [4.69, 9.17) is 9.47 Å². The first-order chi connectivity index (χ1) is 23.5. The normalized spacial score (nSPS) is 14.1. The fourth-order valence-corrected chi connectivity index (χ4v) is 5.74. The molecule has 0 aliphatic heterocycles. The molecule has 9 nitrogen and oxygen atoms in total. The van der Waals surface area contributed by atoms with E-state index in [2.05, 4.69) is 17.6 Å². The van der Waals surface area contributed by atoms with Crippen LogP contribution in [0.3, 0.4) is 0 Å². The Balaban J connectivity index is 2.65. The lowest BCUT2D eigenvalue weighted by Gasteiger charge is -2.37. The second-order valence-electron chi connectivity index (χ2n) is 15.4. The number of hydrogen-bond donors (Lipinski definition) is 2. The molecule has 2 aromatic carbocycles. The number of nitrogens with zero attached hydrogens (tertiary/aromatic N) is 1. The number of nitrogens with one attached hydrogen (secondary N) is 2. The molecule has 9 heteroatoms. The van der Waals surface area contributed by atoms with Gasteiger partial charge in [-0.05, 0) is 77.5 Å². The minimum atomic E-state index is -1.08. The molecule has 4 atom stereocenters. The van der Waals surface area contributed by atoms with E-state index >= 15 is 0 Å². The third kappa shape index (κ3) is 14.5. The number of benzene rings is 2. The van der Waals surface area contributed by atoms with E-state index in [1.54, 1.807) is 46.4 Å². The zero-order chi connectivity index (χ0) is 37.5. The van der Waals surface area contributed by atoms with Crippen molar-refractivity contribution < 1.29 is 28.7 Å². The Labute approximate surface area is 301 Å². The molecule has 0 heterocycles. The Bertz CT molecular complexity index is 1360. The van der Waals surface area contributed by atoms with Gasteiger partial charge in [0.05, 0.1) is 0 Å². The van der Waals surface area contributed by atoms with Crippen LogP contribution in [0.2, 0.25) is 0 Å². The van der Waals surface area contributed by atoms with Gasteiger partial charge in [-0.3, -0.25) is 9.59 Å². The topological polar surface area (TPSA) is 114 Å². The average molecular weight is 694 g/mol. The third-order valence-electron chi connectivity index (χ3n) is 8.52. The standard InChI is InChI=1S/C41H63N3O6/c1-11-13-14-15-16-22-27-44(37(46)34(29(3)12-2)43-39(48)50-41(8,9)10)35(32-26-21-20-23-30(32)4)36(45)42-33(38(47)49-40(5,6)7)28-31-24-18-17-19-25-31/h17-21,23-26,29,33-35H,11-16,22,27-28H2,1-10H3,(H,42,45)(H,43,48). The quantitative estimate of drug-likeness (QED) is 0.120. The number of amides is 3. The Kier molecular flexibility index (Phi) is 17.0. The van der Waals surface area contributed by atoms with E-state index in [0.717, 1.165) is 43.2 Å². The molecular formula is C41H63N3O6. The molecule has 0 saturated heterocycles. The molecule has 4 unspecified atom stereocenters. The molecule has 278 valence electrons. The lowest BCUT2D eigenvalue weighted by molar-refractivity contribution is -0.159. The molecule has 0 aliphatic rings. The van der Waals surface area contributed by atoms with Crippen LogP contribution in [0.5, 0.6) is 0 Å². The van der Waals surface area contributed by atoms with Crippen molar-refractivity contribution in [3.8, 4) is 0 Å². The first kappa shape index (κ1) is 42.3. The van der Waals surface area contributed by atoms with Gasteiger partial charge < -0.3 is 25.0 Å². The number of aryl methyl sites for hydroxylation is 1. The van der Waals surface area contributed by atoms with Crippen LogP contribution < -0.4 is 10.6 Å². The molecule has 2 rings (SSSR count). The Hall–Kier alpha value is -3.88. The number of carbonyl (C=O) groups is 4. The SMILES string of the molecule is CCCCCCCCN(C(=O)C(NC(=O)OC(C)(C)C)C(C)CC)C(C(=O)NC(Cc1ccccc1)C(=O)OC(C)(C)C)c1ccccc1C. The van der Waals surface area contributed by atoms with E-state index in [1.165, 1.54) is 0 Å². The van der Waals surface area contributed by atoms with Crippen LogP contribution in [0, 0.1) is 12.8 Å². The van der Waals surface area contributed by atoms with Crippen molar-refractivity contribution in [2.45, 2.75) is 150 Å². The summed E-state index contributed by atoms with van der Waals surface area (Å²) in [5, 5.41) is 5.84. The summed E-state index contributed by atoms with van der Waals surface area (Å²) in [6, 6.07) is 13.9. The van der Waals surface area contributed by atoms with Crippen molar-refractivity contribution in [1.29, 1.82) is 0 Å². The van der Waals surface area contributed by atoms with E-state index in [-0.39, 0.29) is 24.8 Å². The molecule has 3 amide bonds. The maximum absolute atomic E-state index is 14.8. The molecule has 0 spiro atoms. The Morgan fingerprint density at radius 2 is 1.34 bits per heavy atom. The fraction of sp³-hybridized carbons (Fsp3) is 0.610. The molecule has 0 radical (unpaired) electrons. The first-order valence-corrected chi connectivity index (χ1v) is 18.4. The summed E-state index contributed by atoms with van der Waals surface area (Å²) in [6.07, 6.45) is 6.05. The lowest BCUT2D eigenvalue weighted by Crippen LogP contribution is -2.56. The molecule has 0 aliphatic carbocycles. The monoisotopic (exact) mass is 693 g/mol. The van der Waals surface area contributed by atoms with Crippen molar-refractivity contribution in [3.63, 3.8) is 0 Å². The Morgan fingerprint density at radius 1 is 0.760 bits per heavy atom. The summed E-state index contributed by atoms with van der Waals surface area (Å²) in [4.78, 5) is 57.9. The fourth-order valence-electron chi connectivity index (χ4n) is 5.74. The van der Waals surface area contributed by atoms with Gasteiger partial charge in [0, 0.05) is 13.0 Å². The minimum absolute atomic E-state index is 0.211. The van der Waals surface area contributed by atoms with Gasteiger partial charge in [0.1, 0.15) is 29.3 Å². The second kappa shape index (κ2) is 20.1. The Morgan fingerprint density at radius 3 is 1.92 bits per heavy atom. The van der Waals surface area contributed by atoms with Crippen LogP contribution in [0.1, 0.15) is 130 Å². The highest BCUT2D eigenvalue weighted by atomic mass is 16.6. The average Bonchev–Trinajstić information content (AvgIpc) is 3.03. The third-order valence-corrected chi connectivity index (χ3v) is 8.52. The van der Waals surface area contributed by atoms with Crippen LogP contribution in [0.25, 0.3) is 0 Å². The van der Waals surface area contributed by atoms with Crippen molar-refractivity contribution in [3.05, 3.63) is 71.3 Å². The summed E-state index contributed by atoms with van der Waals surface area (Å²) in [5.41, 5.74) is 0.791. The molecule has 2 aromatic rings. The zero-order valence-electron chi connectivity index (χ0n) is 32.3. The number of alkyl carbamates (subject to hydrolysis) is 1. The minimum Gasteiger partial charge on any atom is -0.458 e. The number of ether oxygens (including phenoxy) is 2. The van der Waals surface area contributed by atoms with Gasteiger partial charge in [-0.1, -0.05) is 114 Å². The maximum Gasteiger partial charge on any atom is 0.408 e. The molecule has 0 bridgehead atoms. The largest absolute Gasteiger partial charge is 0.458 e. The predicted octanol–water partition coefficient (Wildman–Crippen LogP) is 8.23. The van der Waals surface area contributed by atoms with Crippen LogP contribution in [-0.2, 0) is 30.3 Å². The summed E-state index contributed by atoms with van der Waals surface area (Å²) < 4.78 is 11.3. The summed E-state index contributed by atoms with van der Waals surface area (Å²) in [6.45, 7) is 18.9. The predicted molar refractivity (Wildman–Crippen MR) is 200 cm³/mol. The molecule has 0 aromatic heterocycles. The van der Waals surface area contributed by atoms with E-state index in [9.17, 15) is 19.2 Å². The highest BCUT2D eigenvalue weighted by Crippen LogP contribution is 2.28. The van der Waals surface area contributed by atoms with Gasteiger partial charge in [-0.25, -0.2) is 9.59 Å². The molecule has 2 N–H and O–H groups in total. The van der Waals surface area contributed by atoms with E-state index in [0.29, 0.717) is 18.4 Å². The number of hydrogen-bond acceptors (Lipinski definition) is 6. The zero-order valence-corrected chi connectivity index (χ0v) is 32.3. The van der Waals surface area contributed by atoms with E-state index in [1.807, 2.05) is 75.4 Å². The lowest BCUT2D eigenvalue weighted by atomic mass is 9.93. The summed E-state index contributed by atoms with van der Waals surface area (Å²) in [7, 11) is 0. The van der Waals surface area contributed by atoms with Gasteiger partial charge in [-0.15, -0.1) is 0 Å². The van der Waals surface area contributed by atoms with Gasteiger partial charge in [0.25, 0.3) is 0 Å². The molecule has 0 fully saturated rings. The van der Waals surface area contributed by atoms with Gasteiger partial charge >= 0.3 is 12.1 Å². The first-order valence-electron chi connectivity index (χ1n) is 18.4. The second-order valence-corrected chi connectivity index (χ2v) is 15.4. The number of unbranched alkanes of at least 4 members (excludes halogenated alkanes) is 5. The molecular weight excluding hydrogens is 630 g/mol. The molecule has 50 heavy (non-hydrogen) atoms. The van der Waals surface area contributed by atoms with Crippen molar-refractivity contribution in [1.82, 2.24) is 15.5 Å². The highest BCUT2D eigenvalue weighted by molar-refractivity contribution is 5.94. The smallest absolute Gasteiger partial charge is 0.408 e. The van der Waals surface area contributed by atoms with Gasteiger partial charge in [0.15, 0.2) is 0 Å². The highest BCUT2D eigenvalue weighted by Gasteiger charge is 2.40. The number of carbonyl (C=O) groups excluding carboxylic acids is 4. The van der Waals surface area contributed by atoms with Crippen LogP contribution in [0.4, 0.5) is 4.79 Å². The summed E-state index contributed by atoms with van der Waals surface area (Å²) >= 11 is 0. The van der Waals surface area contributed by atoms with Gasteiger partial charge in [0.2, 0.25) is 11.8 Å². The number of rotatable bonds is 18. The van der Waals surface area contributed by atoms with Crippen molar-refractivity contribution >= 4 is 23.9 Å². The van der Waals surface area contributed by atoms with Crippen molar-refractivity contribution in [2.24, 2.45) is 5.92 Å². The van der Waals surface area contributed by atoms with Crippen LogP contribution >= 0.6 is 0 Å². The molecule has 0 saturated carbocycles. The van der Waals surface area contributed by atoms with Crippen LogP contribution in [0.15, 0.2) is 54.6 Å². The van der Waals surface area contributed by atoms with Crippen LogP contribution in [-0.4, -0.2) is 58.6 Å². The van der Waals surface area contributed by atoms with Crippen molar-refractivity contribution in [2.75, 3.05) is 6.54 Å².